The fourth-order valence-corrected chi connectivity index (χ4v) is 11.4. The van der Waals surface area contributed by atoms with Gasteiger partial charge in [-0.1, -0.05) is 0 Å². The number of carbonyl (C=O) groups excluding carboxylic acids is 3. The van der Waals surface area contributed by atoms with Gasteiger partial charge in [0.1, 0.15) is 159 Å². The fourth-order valence-electron chi connectivity index (χ4n) is 11.1. The second kappa shape index (κ2) is 31.1. The minimum atomic E-state index is -5.36. The number of rotatable bonds is 22. The molecular formula is C48H81N3O37S. The van der Waals surface area contributed by atoms with E-state index in [0.29, 0.717) is 0 Å². The number of carbonyl (C=O) groups is 3. The van der Waals surface area contributed by atoms with Crippen molar-refractivity contribution in [3.8, 4) is 0 Å². The summed E-state index contributed by atoms with van der Waals surface area (Å²) in [6.45, 7) is -0.0669. The molecule has 40 nitrogen and oxygen atoms in total. The van der Waals surface area contributed by atoms with Gasteiger partial charge in [0.15, 0.2) is 44.0 Å². The van der Waals surface area contributed by atoms with Crippen LogP contribution in [-0.2, 0) is 90.5 Å². The molecule has 35 atom stereocenters. The van der Waals surface area contributed by atoms with Crippen molar-refractivity contribution in [2.24, 2.45) is 0 Å². The summed E-state index contributed by atoms with van der Waals surface area (Å²) in [5, 5.41) is 194. The van der Waals surface area contributed by atoms with Gasteiger partial charge in [-0.05, 0) is 13.8 Å². The Kier molecular flexibility index (Phi) is 25.7. The monoisotopic (exact) mass is 1320 g/mol. The molecule has 3 amide bonds. The van der Waals surface area contributed by atoms with E-state index >= 15 is 0 Å². The molecule has 7 heterocycles. The number of aliphatic hydroxyl groups is 17. The topological polar surface area (TPSA) is 615 Å². The number of hydrogen-bond donors (Lipinski definition) is 21. The van der Waals surface area contributed by atoms with E-state index in [2.05, 4.69) is 20.1 Å². The molecular weight excluding hydrogens is 1240 g/mol. The normalized spacial score (nSPS) is 48.3. The Bertz CT molecular complexity index is 2420. The van der Waals surface area contributed by atoms with Crippen LogP contribution in [0.15, 0.2) is 0 Å². The molecule has 0 spiro atoms. The Balaban J connectivity index is 1.23. The first kappa shape index (κ1) is 73.5. The zero-order valence-electron chi connectivity index (χ0n) is 48.0. The van der Waals surface area contributed by atoms with Gasteiger partial charge in [0, 0.05) is 20.8 Å². The smallest absolute Gasteiger partial charge is 0.394 e. The summed E-state index contributed by atoms with van der Waals surface area (Å²) >= 11 is 0. The van der Waals surface area contributed by atoms with Crippen LogP contribution in [0, 0.1) is 0 Å². The molecule has 0 aromatic carbocycles. The minimum Gasteiger partial charge on any atom is -0.394 e. The molecule has 7 fully saturated rings. The molecule has 7 aliphatic rings. The maximum Gasteiger partial charge on any atom is 0.397 e. The second-order valence-electron chi connectivity index (χ2n) is 22.3. The first-order valence-corrected chi connectivity index (χ1v) is 29.3. The molecule has 0 aromatic heterocycles. The van der Waals surface area contributed by atoms with Gasteiger partial charge in [-0.15, -0.1) is 0 Å². The predicted octanol–water partition coefficient (Wildman–Crippen LogP) is -14.0. The number of hydrogen-bond acceptors (Lipinski definition) is 36. The van der Waals surface area contributed by atoms with Gasteiger partial charge >= 0.3 is 10.4 Å². The lowest BCUT2D eigenvalue weighted by Crippen LogP contribution is -2.71. The van der Waals surface area contributed by atoms with Crippen molar-refractivity contribution in [3.63, 3.8) is 0 Å². The number of nitrogens with one attached hydrogen (secondary N) is 3. The van der Waals surface area contributed by atoms with Crippen LogP contribution in [0.5, 0.6) is 0 Å². The molecule has 0 radical (unpaired) electrons. The SMILES string of the molecule is CC(=O)N[C@@H]1[C@@H](OC2O[C@H](CO)[C@H](O)[C@H](OC3O[C@H](CO)[C@H](O)[C@H](O)[C@H]3NC(C)=O)[C@H]2OC2O[C@@H](C)[C@@H](O)[C@@H](O)[C@@H]2O)[C@@H](O)[C@@H](COC2O[C@H](COS(=O)(=O)O)[C@@H](O)[C@H](OC3O[C@H](CO)[C@H](O)[C@H](O)[C@H]3OC3O[C@@H](C)[C@@H](O)[C@@H](O)[C@@H]3O)[C@H]2NC(C)=O)O[C@H]1O. The third kappa shape index (κ3) is 17.0. The van der Waals surface area contributed by atoms with Crippen LogP contribution in [0.2, 0.25) is 0 Å². The summed E-state index contributed by atoms with van der Waals surface area (Å²) in [6.07, 6.45) is -63.2. The van der Waals surface area contributed by atoms with Gasteiger partial charge in [0.2, 0.25) is 17.7 Å². The first-order valence-electron chi connectivity index (χ1n) is 28.0. The zero-order chi connectivity index (χ0) is 66.0. The molecule has 7 saturated heterocycles. The van der Waals surface area contributed by atoms with Crippen molar-refractivity contribution in [3.05, 3.63) is 0 Å². The standard InChI is InChI=1S/C48H81N3O37S/c1-11-24(58)32(66)35(69)45(77-11)87-40-34(68)27(61)17(7-53)81-47(40)85-38-23(51-15(5)57)43(83-20(30(38)64)10-76-89(72,73)74)75-9-19-29(63)37(22(42(71)79-19)50-14(4)56)84-48-41(88-46-36(70)33(67)25(59)12(2)78-46)39(28(62)18(8-54)82-48)86-44-21(49-13(3)55)31(65)26(60)16(6-52)80-44/h11-12,16-48,52-54,58-71H,6-10H2,1-5H3,(H,49,55)(H,50,56)(H,51,57)(H,72,73,74)/t11-,12-,16+,17+,18+,19+,20+,21+,22+,23+,24+,25+,26-,27-,28-,29-,30+,31+,32+,33+,34-,35-,36-,37+,38+,39-,40+,41+,42+,43?,44?,45?,46?,47?,48?/m0/s1. The Morgan fingerprint density at radius 1 is 0.371 bits per heavy atom. The van der Waals surface area contributed by atoms with Gasteiger partial charge in [-0.3, -0.25) is 18.9 Å². The highest BCUT2D eigenvalue weighted by Gasteiger charge is 2.59. The molecule has 41 heteroatoms. The Morgan fingerprint density at radius 3 is 1.25 bits per heavy atom. The number of aliphatic hydroxyl groups excluding tert-OH is 17. The Morgan fingerprint density at radius 2 is 0.753 bits per heavy atom. The number of amides is 3. The van der Waals surface area contributed by atoms with E-state index in [1.807, 2.05) is 0 Å². The van der Waals surface area contributed by atoms with Crippen LogP contribution in [0.3, 0.4) is 0 Å². The van der Waals surface area contributed by atoms with Crippen molar-refractivity contribution in [2.75, 3.05) is 33.0 Å². The lowest BCUT2D eigenvalue weighted by Gasteiger charge is -2.51. The predicted molar refractivity (Wildman–Crippen MR) is 274 cm³/mol. The van der Waals surface area contributed by atoms with Crippen LogP contribution in [0.25, 0.3) is 0 Å². The quantitative estimate of drug-likeness (QED) is 0.0448. The van der Waals surface area contributed by atoms with Crippen LogP contribution in [0.4, 0.5) is 0 Å². The molecule has 21 N–H and O–H groups in total. The van der Waals surface area contributed by atoms with Gasteiger partial charge in [-0.25, -0.2) is 4.18 Å². The van der Waals surface area contributed by atoms with Gasteiger partial charge in [0.05, 0.1) is 45.2 Å². The van der Waals surface area contributed by atoms with E-state index in [9.17, 15) is 114 Å². The van der Waals surface area contributed by atoms with Crippen LogP contribution >= 0.6 is 0 Å². The first-order chi connectivity index (χ1) is 41.7. The molecule has 0 aromatic rings. The summed E-state index contributed by atoms with van der Waals surface area (Å²) in [5.41, 5.74) is 0. The highest BCUT2D eigenvalue weighted by atomic mass is 32.3. The summed E-state index contributed by atoms with van der Waals surface area (Å²) in [7, 11) is -5.36. The van der Waals surface area contributed by atoms with E-state index in [-0.39, 0.29) is 0 Å². The van der Waals surface area contributed by atoms with E-state index < -0.39 is 276 Å². The molecule has 0 saturated carbocycles. The summed E-state index contributed by atoms with van der Waals surface area (Å²) in [4.78, 5) is 38.2. The van der Waals surface area contributed by atoms with E-state index in [1.54, 1.807) is 0 Å². The Labute approximate surface area is 505 Å². The van der Waals surface area contributed by atoms with E-state index in [1.165, 1.54) is 13.8 Å². The molecule has 7 aliphatic heterocycles. The van der Waals surface area contributed by atoms with Crippen molar-refractivity contribution in [2.45, 2.75) is 249 Å². The minimum absolute atomic E-state index is 0.830. The molecule has 0 bridgehead atoms. The Hall–Kier alpha value is -2.92. The van der Waals surface area contributed by atoms with Crippen molar-refractivity contribution >= 4 is 28.1 Å². The summed E-state index contributed by atoms with van der Waals surface area (Å²) < 4.78 is 114. The van der Waals surface area contributed by atoms with Crippen molar-refractivity contribution in [1.29, 1.82) is 0 Å². The summed E-state index contributed by atoms with van der Waals surface area (Å²) in [5.74, 6) is -2.70. The van der Waals surface area contributed by atoms with Gasteiger partial charge in [-0.2, -0.15) is 8.42 Å². The second-order valence-corrected chi connectivity index (χ2v) is 23.4. The van der Waals surface area contributed by atoms with Gasteiger partial charge in [0.25, 0.3) is 0 Å². The molecule has 89 heavy (non-hydrogen) atoms. The molecule has 7 rings (SSSR count). The summed E-state index contributed by atoms with van der Waals surface area (Å²) in [6, 6.07) is -5.53. The highest BCUT2D eigenvalue weighted by Crippen LogP contribution is 2.38. The molecule has 516 valence electrons. The highest BCUT2D eigenvalue weighted by molar-refractivity contribution is 7.80. The lowest BCUT2D eigenvalue weighted by atomic mass is 9.94. The van der Waals surface area contributed by atoms with Crippen LogP contribution in [-0.4, -0.2) is 365 Å². The van der Waals surface area contributed by atoms with Crippen molar-refractivity contribution in [1.82, 2.24) is 16.0 Å². The zero-order valence-corrected chi connectivity index (χ0v) is 48.8. The molecule has 6 unspecified atom stereocenters. The largest absolute Gasteiger partial charge is 0.397 e. The maximum absolute atomic E-state index is 13.0. The van der Waals surface area contributed by atoms with E-state index in [0.717, 1.165) is 20.8 Å². The van der Waals surface area contributed by atoms with Crippen molar-refractivity contribution < 1.29 is 180 Å². The fraction of sp³-hybridized carbons (Fsp3) is 0.938. The van der Waals surface area contributed by atoms with Gasteiger partial charge < -0.3 is 164 Å². The molecule has 0 aliphatic carbocycles. The third-order valence-corrected chi connectivity index (χ3v) is 16.3. The van der Waals surface area contributed by atoms with Crippen LogP contribution < -0.4 is 16.0 Å². The van der Waals surface area contributed by atoms with E-state index in [4.69, 9.17) is 61.6 Å². The average molecular weight is 1320 g/mol. The lowest BCUT2D eigenvalue weighted by molar-refractivity contribution is -0.397. The van der Waals surface area contributed by atoms with Crippen LogP contribution in [0.1, 0.15) is 34.6 Å². The third-order valence-electron chi connectivity index (χ3n) is 15.9. The average Bonchev–Trinajstić information content (AvgIpc) is 1.42. The maximum atomic E-state index is 13.0. The number of ether oxygens (including phenoxy) is 13.